The van der Waals surface area contributed by atoms with Crippen LogP contribution in [-0.4, -0.2) is 10.9 Å². The molecule has 0 aliphatic rings. The Morgan fingerprint density at radius 3 is 2.72 bits per heavy atom. The minimum atomic E-state index is -0.314. The van der Waals surface area contributed by atoms with Crippen molar-refractivity contribution in [2.45, 2.75) is 6.92 Å². The van der Waals surface area contributed by atoms with E-state index in [2.05, 4.69) is 10.3 Å². The number of rotatable bonds is 4. The highest BCUT2D eigenvalue weighted by Crippen LogP contribution is 2.27. The van der Waals surface area contributed by atoms with Crippen molar-refractivity contribution in [3.05, 3.63) is 76.1 Å². The number of nitrogens with zero attached hydrogens (tertiary/aromatic N) is 1. The van der Waals surface area contributed by atoms with Crippen LogP contribution in [0.1, 0.15) is 11.3 Å². The lowest BCUT2D eigenvalue weighted by atomic mass is 10.1. The Morgan fingerprint density at radius 2 is 2.00 bits per heavy atom. The molecule has 0 saturated carbocycles. The first kappa shape index (κ1) is 17.3. The van der Waals surface area contributed by atoms with Crippen LogP contribution in [0.5, 0.6) is 0 Å². The van der Waals surface area contributed by atoms with Crippen LogP contribution in [0.3, 0.4) is 0 Å². The molecule has 0 unspecified atom stereocenters. The third-order valence-corrected chi connectivity index (χ3v) is 4.09. The smallest absolute Gasteiger partial charge is 0.249 e. The van der Waals surface area contributed by atoms with Gasteiger partial charge in [0.15, 0.2) is 0 Å². The van der Waals surface area contributed by atoms with E-state index in [1.165, 1.54) is 12.3 Å². The molecule has 0 fully saturated rings. The number of aromatic nitrogens is 1. The summed E-state index contributed by atoms with van der Waals surface area (Å²) in [6, 6.07) is 12.6. The van der Waals surface area contributed by atoms with E-state index >= 15 is 0 Å². The molecule has 0 spiro atoms. The fraction of sp³-hybridized carbons (Fsp3) is 0.0526. The van der Waals surface area contributed by atoms with Gasteiger partial charge in [-0.1, -0.05) is 35.3 Å². The summed E-state index contributed by atoms with van der Waals surface area (Å²) in [4.78, 5) is 15.9. The molecule has 0 radical (unpaired) electrons. The fourth-order valence-corrected chi connectivity index (χ4v) is 2.41. The molecule has 0 aliphatic carbocycles. The molecule has 2 heterocycles. The molecule has 3 aromatic rings. The van der Waals surface area contributed by atoms with Crippen LogP contribution in [0.15, 0.2) is 59.2 Å². The summed E-state index contributed by atoms with van der Waals surface area (Å²) in [6.45, 7) is 1.94. The molecule has 0 saturated heterocycles. The minimum Gasteiger partial charge on any atom is -0.457 e. The molecule has 25 heavy (non-hydrogen) atoms. The SMILES string of the molecule is Cc1ccc(-c2ccc(/C=C/C(=O)Nc3ccc(Cl)cn3)o2)cc1Cl. The zero-order valence-corrected chi connectivity index (χ0v) is 14.8. The van der Waals surface area contributed by atoms with E-state index in [1.807, 2.05) is 31.2 Å². The quantitative estimate of drug-likeness (QED) is 0.605. The summed E-state index contributed by atoms with van der Waals surface area (Å²) in [7, 11) is 0. The second-order valence-corrected chi connectivity index (χ2v) is 6.19. The number of anilines is 1. The van der Waals surface area contributed by atoms with Gasteiger partial charge in [0, 0.05) is 22.9 Å². The summed E-state index contributed by atoms with van der Waals surface area (Å²) >= 11 is 11.9. The van der Waals surface area contributed by atoms with Crippen molar-refractivity contribution in [2.75, 3.05) is 5.32 Å². The number of halogens is 2. The van der Waals surface area contributed by atoms with Gasteiger partial charge in [0.25, 0.3) is 0 Å². The lowest BCUT2D eigenvalue weighted by Gasteiger charge is -2.01. The third kappa shape index (κ3) is 4.50. The highest BCUT2D eigenvalue weighted by Gasteiger charge is 2.06. The van der Waals surface area contributed by atoms with Crippen molar-refractivity contribution in [1.82, 2.24) is 4.98 Å². The van der Waals surface area contributed by atoms with E-state index in [0.29, 0.717) is 27.4 Å². The van der Waals surface area contributed by atoms with Gasteiger partial charge in [-0.25, -0.2) is 4.98 Å². The first-order chi connectivity index (χ1) is 12.0. The second-order valence-electron chi connectivity index (χ2n) is 5.35. The molecular weight excluding hydrogens is 359 g/mol. The fourth-order valence-electron chi connectivity index (χ4n) is 2.12. The molecule has 2 aromatic heterocycles. The minimum absolute atomic E-state index is 0.314. The molecule has 0 aliphatic heterocycles. The number of hydrogen-bond acceptors (Lipinski definition) is 3. The average molecular weight is 373 g/mol. The molecule has 6 heteroatoms. The zero-order chi connectivity index (χ0) is 17.8. The Bertz CT molecular complexity index is 931. The number of benzene rings is 1. The summed E-state index contributed by atoms with van der Waals surface area (Å²) in [5.74, 6) is 1.35. The summed E-state index contributed by atoms with van der Waals surface area (Å²) < 4.78 is 5.72. The molecule has 126 valence electrons. The maximum Gasteiger partial charge on any atom is 0.249 e. The number of amides is 1. The van der Waals surface area contributed by atoms with Crippen LogP contribution in [-0.2, 0) is 4.79 Å². The van der Waals surface area contributed by atoms with Crippen molar-refractivity contribution < 1.29 is 9.21 Å². The Kier molecular flexibility index (Phi) is 5.22. The van der Waals surface area contributed by atoms with Crippen molar-refractivity contribution >= 4 is 41.0 Å². The average Bonchev–Trinajstić information content (AvgIpc) is 3.07. The molecule has 1 aromatic carbocycles. The molecule has 1 N–H and O–H groups in total. The molecule has 4 nitrogen and oxygen atoms in total. The van der Waals surface area contributed by atoms with Gasteiger partial charge in [-0.15, -0.1) is 0 Å². The zero-order valence-electron chi connectivity index (χ0n) is 13.3. The Morgan fingerprint density at radius 1 is 1.16 bits per heavy atom. The van der Waals surface area contributed by atoms with E-state index in [9.17, 15) is 4.79 Å². The summed E-state index contributed by atoms with van der Waals surface area (Å²) in [6.07, 6.45) is 4.43. The highest BCUT2D eigenvalue weighted by molar-refractivity contribution is 6.31. The third-order valence-electron chi connectivity index (χ3n) is 3.46. The van der Waals surface area contributed by atoms with Gasteiger partial charge in [-0.3, -0.25) is 4.79 Å². The Balaban J connectivity index is 1.67. The largest absolute Gasteiger partial charge is 0.457 e. The second kappa shape index (κ2) is 7.55. The van der Waals surface area contributed by atoms with Crippen LogP contribution in [0, 0.1) is 6.92 Å². The number of nitrogens with one attached hydrogen (secondary N) is 1. The molecular formula is C19H14Cl2N2O2. The number of pyridine rings is 1. The van der Waals surface area contributed by atoms with Crippen LogP contribution < -0.4 is 5.32 Å². The normalized spacial score (nSPS) is 11.0. The lowest BCUT2D eigenvalue weighted by Crippen LogP contribution is -2.08. The van der Waals surface area contributed by atoms with Crippen LogP contribution >= 0.6 is 23.2 Å². The van der Waals surface area contributed by atoms with E-state index in [4.69, 9.17) is 27.6 Å². The van der Waals surface area contributed by atoms with E-state index < -0.39 is 0 Å². The molecule has 0 bridgehead atoms. The van der Waals surface area contributed by atoms with Gasteiger partial charge in [-0.05, 0) is 48.9 Å². The summed E-state index contributed by atoms with van der Waals surface area (Å²) in [5.41, 5.74) is 1.88. The number of furan rings is 1. The summed E-state index contributed by atoms with van der Waals surface area (Å²) in [5, 5.41) is 3.83. The molecule has 1 amide bonds. The number of carbonyl (C=O) groups excluding carboxylic acids is 1. The van der Waals surface area contributed by atoms with Gasteiger partial charge in [0.1, 0.15) is 17.3 Å². The van der Waals surface area contributed by atoms with Crippen LogP contribution in [0.4, 0.5) is 5.82 Å². The standard InChI is InChI=1S/C19H14Cl2N2O2/c1-12-2-3-13(10-16(12)21)17-7-5-15(25-17)6-9-19(24)23-18-8-4-14(20)11-22-18/h2-11H,1H3,(H,22,23,24)/b9-6+. The van der Waals surface area contributed by atoms with Crippen molar-refractivity contribution in [3.63, 3.8) is 0 Å². The first-order valence-electron chi connectivity index (χ1n) is 7.48. The van der Waals surface area contributed by atoms with E-state index in [0.717, 1.165) is 11.1 Å². The predicted molar refractivity (Wildman–Crippen MR) is 101 cm³/mol. The lowest BCUT2D eigenvalue weighted by molar-refractivity contribution is -0.111. The van der Waals surface area contributed by atoms with Gasteiger partial charge in [0.05, 0.1) is 5.02 Å². The number of aryl methyl sites for hydroxylation is 1. The topological polar surface area (TPSA) is 55.1 Å². The molecule has 3 rings (SSSR count). The van der Waals surface area contributed by atoms with Crippen molar-refractivity contribution in [3.8, 4) is 11.3 Å². The van der Waals surface area contributed by atoms with Crippen LogP contribution in [0.2, 0.25) is 10.0 Å². The van der Waals surface area contributed by atoms with Crippen molar-refractivity contribution in [2.24, 2.45) is 0 Å². The maximum atomic E-state index is 11.9. The Labute approximate surface area is 155 Å². The van der Waals surface area contributed by atoms with E-state index in [-0.39, 0.29) is 5.91 Å². The van der Waals surface area contributed by atoms with Crippen molar-refractivity contribution in [1.29, 1.82) is 0 Å². The van der Waals surface area contributed by atoms with Gasteiger partial charge < -0.3 is 9.73 Å². The monoisotopic (exact) mass is 372 g/mol. The van der Waals surface area contributed by atoms with Gasteiger partial charge in [0.2, 0.25) is 5.91 Å². The van der Waals surface area contributed by atoms with Gasteiger partial charge in [-0.2, -0.15) is 0 Å². The predicted octanol–water partition coefficient (Wildman–Crippen LogP) is 5.61. The number of hydrogen-bond donors (Lipinski definition) is 1. The van der Waals surface area contributed by atoms with Crippen LogP contribution in [0.25, 0.3) is 17.4 Å². The first-order valence-corrected chi connectivity index (χ1v) is 8.24. The Hall–Kier alpha value is -2.56. The number of carbonyl (C=O) groups is 1. The highest BCUT2D eigenvalue weighted by atomic mass is 35.5. The van der Waals surface area contributed by atoms with E-state index in [1.54, 1.807) is 24.3 Å². The van der Waals surface area contributed by atoms with Gasteiger partial charge >= 0.3 is 0 Å². The molecule has 0 atom stereocenters. The maximum absolute atomic E-state index is 11.9.